The number of nitrogens with zero attached hydrogens (tertiary/aromatic N) is 3. The fraction of sp³-hybridized carbons (Fsp3) is 0.0435. The van der Waals surface area contributed by atoms with Crippen LogP contribution in [0.3, 0.4) is 0 Å². The van der Waals surface area contributed by atoms with Gasteiger partial charge in [0.15, 0.2) is 0 Å². The number of nitrogens with one attached hydrogen (secondary N) is 3. The van der Waals surface area contributed by atoms with Gasteiger partial charge in [-0.2, -0.15) is 5.10 Å². The SMILES string of the molecule is C/C(=C/C(N)=Nc1ccc2[nH]ncc2c1)Nc1cccc(NC(=O)c2cccnc2)c1. The highest BCUT2D eigenvalue weighted by molar-refractivity contribution is 6.04. The number of carbonyl (C=O) groups is 1. The number of amidine groups is 1. The average molecular weight is 411 g/mol. The van der Waals surface area contributed by atoms with Crippen LogP contribution in [-0.2, 0) is 0 Å². The average Bonchev–Trinajstić information content (AvgIpc) is 3.22. The van der Waals surface area contributed by atoms with Crippen molar-refractivity contribution in [2.45, 2.75) is 6.92 Å². The Labute approximate surface area is 178 Å². The Kier molecular flexibility index (Phi) is 5.70. The number of aliphatic imine (C=N–C) groups is 1. The standard InChI is InChI=1S/C23H21N7O/c1-15(10-22(24)28-20-7-8-21-17(11-20)14-26-30-21)27-18-5-2-6-19(12-18)29-23(31)16-4-3-9-25-13-16/h2-14,27H,1H3,(H2,24,28)(H,26,30)(H,29,31)/b15-10-. The molecular formula is C23H21N7O. The number of aromatic amines is 1. The Balaban J connectivity index is 1.43. The smallest absolute Gasteiger partial charge is 0.257 e. The Hall–Kier alpha value is -4.46. The third-order valence-electron chi connectivity index (χ3n) is 4.43. The first kappa shape index (κ1) is 19.8. The van der Waals surface area contributed by atoms with Crippen LogP contribution < -0.4 is 16.4 Å². The predicted molar refractivity (Wildman–Crippen MR) is 123 cm³/mol. The molecule has 0 unspecified atom stereocenters. The topological polar surface area (TPSA) is 121 Å². The zero-order valence-corrected chi connectivity index (χ0v) is 16.8. The molecule has 2 heterocycles. The summed E-state index contributed by atoms with van der Waals surface area (Å²) in [6.45, 7) is 1.89. The number of benzene rings is 2. The number of pyridine rings is 1. The minimum absolute atomic E-state index is 0.219. The molecule has 0 aliphatic carbocycles. The number of carbonyl (C=O) groups excluding carboxylic acids is 1. The lowest BCUT2D eigenvalue weighted by Gasteiger charge is -2.10. The third-order valence-corrected chi connectivity index (χ3v) is 4.43. The van der Waals surface area contributed by atoms with Crippen molar-refractivity contribution < 1.29 is 4.79 Å². The van der Waals surface area contributed by atoms with Gasteiger partial charge in [-0.3, -0.25) is 14.9 Å². The summed E-state index contributed by atoms with van der Waals surface area (Å²) in [5, 5.41) is 14.0. The van der Waals surface area contributed by atoms with E-state index < -0.39 is 0 Å². The second-order valence-electron chi connectivity index (χ2n) is 6.91. The number of nitrogens with two attached hydrogens (primary N) is 1. The maximum Gasteiger partial charge on any atom is 0.257 e. The number of amides is 1. The molecule has 0 saturated carbocycles. The van der Waals surface area contributed by atoms with Gasteiger partial charge in [0, 0.05) is 34.9 Å². The number of hydrogen-bond acceptors (Lipinski definition) is 5. The van der Waals surface area contributed by atoms with E-state index in [1.807, 2.05) is 49.4 Å². The molecule has 8 nitrogen and oxygen atoms in total. The van der Waals surface area contributed by atoms with Gasteiger partial charge in [-0.1, -0.05) is 6.07 Å². The van der Waals surface area contributed by atoms with Crippen LogP contribution in [0, 0.1) is 0 Å². The molecule has 0 radical (unpaired) electrons. The summed E-state index contributed by atoms with van der Waals surface area (Å²) in [6, 6.07) is 16.5. The molecule has 0 atom stereocenters. The summed E-state index contributed by atoms with van der Waals surface area (Å²) in [7, 11) is 0. The van der Waals surface area contributed by atoms with E-state index in [0.29, 0.717) is 17.1 Å². The summed E-state index contributed by atoms with van der Waals surface area (Å²) in [5.74, 6) is 0.150. The van der Waals surface area contributed by atoms with Crippen LogP contribution in [-0.4, -0.2) is 26.9 Å². The Morgan fingerprint density at radius 3 is 2.71 bits per heavy atom. The van der Waals surface area contributed by atoms with Gasteiger partial charge in [0.05, 0.1) is 23.0 Å². The normalized spacial score (nSPS) is 12.0. The second-order valence-corrected chi connectivity index (χ2v) is 6.91. The number of H-pyrrole nitrogens is 1. The maximum atomic E-state index is 12.3. The minimum atomic E-state index is -0.219. The van der Waals surface area contributed by atoms with E-state index in [4.69, 9.17) is 5.73 Å². The van der Waals surface area contributed by atoms with Gasteiger partial charge in [-0.25, -0.2) is 4.99 Å². The van der Waals surface area contributed by atoms with Crippen molar-refractivity contribution in [1.29, 1.82) is 0 Å². The highest BCUT2D eigenvalue weighted by atomic mass is 16.1. The Morgan fingerprint density at radius 1 is 1.06 bits per heavy atom. The number of hydrogen-bond donors (Lipinski definition) is 4. The summed E-state index contributed by atoms with van der Waals surface area (Å²) < 4.78 is 0. The van der Waals surface area contributed by atoms with Crippen molar-refractivity contribution in [3.63, 3.8) is 0 Å². The van der Waals surface area contributed by atoms with Crippen molar-refractivity contribution in [2.75, 3.05) is 10.6 Å². The lowest BCUT2D eigenvalue weighted by atomic mass is 10.2. The van der Waals surface area contributed by atoms with E-state index in [2.05, 4.69) is 30.8 Å². The molecule has 5 N–H and O–H groups in total. The zero-order valence-electron chi connectivity index (χ0n) is 16.8. The van der Waals surface area contributed by atoms with Crippen molar-refractivity contribution >= 4 is 39.7 Å². The first-order chi connectivity index (χ1) is 15.1. The molecule has 1 amide bonds. The van der Waals surface area contributed by atoms with E-state index in [9.17, 15) is 4.79 Å². The quantitative estimate of drug-likeness (QED) is 0.280. The van der Waals surface area contributed by atoms with E-state index >= 15 is 0 Å². The molecule has 2 aromatic heterocycles. The number of rotatable bonds is 6. The summed E-state index contributed by atoms with van der Waals surface area (Å²) >= 11 is 0. The van der Waals surface area contributed by atoms with Gasteiger partial charge in [0.2, 0.25) is 0 Å². The van der Waals surface area contributed by atoms with Crippen LogP contribution in [0.2, 0.25) is 0 Å². The molecule has 4 rings (SSSR count). The Bertz CT molecular complexity index is 1280. The van der Waals surface area contributed by atoms with E-state index in [0.717, 1.165) is 28.0 Å². The van der Waals surface area contributed by atoms with Crippen molar-refractivity contribution in [3.8, 4) is 0 Å². The molecule has 0 aliphatic rings. The van der Waals surface area contributed by atoms with Crippen LogP contribution in [0.25, 0.3) is 10.9 Å². The fourth-order valence-corrected chi connectivity index (χ4v) is 3.04. The van der Waals surface area contributed by atoms with Crippen molar-refractivity contribution in [1.82, 2.24) is 15.2 Å². The van der Waals surface area contributed by atoms with Gasteiger partial charge < -0.3 is 16.4 Å². The van der Waals surface area contributed by atoms with Gasteiger partial charge in [-0.15, -0.1) is 0 Å². The first-order valence-electron chi connectivity index (χ1n) is 9.61. The molecule has 0 spiro atoms. The number of fused-ring (bicyclic) bond motifs is 1. The molecule has 2 aromatic carbocycles. The molecule has 4 aromatic rings. The van der Waals surface area contributed by atoms with Gasteiger partial charge >= 0.3 is 0 Å². The first-order valence-corrected chi connectivity index (χ1v) is 9.61. The van der Waals surface area contributed by atoms with Crippen LogP contribution >= 0.6 is 0 Å². The van der Waals surface area contributed by atoms with Crippen LogP contribution in [0.1, 0.15) is 17.3 Å². The van der Waals surface area contributed by atoms with Crippen molar-refractivity contribution in [3.05, 3.63) is 90.5 Å². The van der Waals surface area contributed by atoms with Crippen LogP contribution in [0.5, 0.6) is 0 Å². The monoisotopic (exact) mass is 411 g/mol. The third kappa shape index (κ3) is 5.13. The van der Waals surface area contributed by atoms with E-state index in [1.54, 1.807) is 30.6 Å². The fourth-order valence-electron chi connectivity index (χ4n) is 3.04. The van der Waals surface area contributed by atoms with Gasteiger partial charge in [-0.05, 0) is 61.5 Å². The number of anilines is 2. The number of allylic oxidation sites excluding steroid dienone is 1. The molecular weight excluding hydrogens is 390 g/mol. The molecule has 154 valence electrons. The van der Waals surface area contributed by atoms with Gasteiger partial charge in [0.1, 0.15) is 5.84 Å². The molecule has 0 aliphatic heterocycles. The van der Waals surface area contributed by atoms with E-state index in [1.165, 1.54) is 6.20 Å². The highest BCUT2D eigenvalue weighted by Crippen LogP contribution is 2.20. The van der Waals surface area contributed by atoms with Gasteiger partial charge in [0.25, 0.3) is 5.91 Å². The lowest BCUT2D eigenvalue weighted by Crippen LogP contribution is -2.12. The highest BCUT2D eigenvalue weighted by Gasteiger charge is 2.06. The Morgan fingerprint density at radius 2 is 1.90 bits per heavy atom. The van der Waals surface area contributed by atoms with Crippen molar-refractivity contribution in [2.24, 2.45) is 10.7 Å². The maximum absolute atomic E-state index is 12.3. The molecule has 0 bridgehead atoms. The summed E-state index contributed by atoms with van der Waals surface area (Å²) in [4.78, 5) is 20.7. The molecule has 0 fully saturated rings. The number of aromatic nitrogens is 3. The largest absolute Gasteiger partial charge is 0.384 e. The van der Waals surface area contributed by atoms with E-state index in [-0.39, 0.29) is 5.91 Å². The molecule has 31 heavy (non-hydrogen) atoms. The summed E-state index contributed by atoms with van der Waals surface area (Å²) in [5.41, 5.74) is 10.6. The predicted octanol–water partition coefficient (Wildman–Crippen LogP) is 4.21. The zero-order chi connectivity index (χ0) is 21.6. The molecule has 8 heteroatoms. The van der Waals surface area contributed by atoms with Crippen LogP contribution in [0.15, 0.2) is 90.0 Å². The minimum Gasteiger partial charge on any atom is -0.384 e. The van der Waals surface area contributed by atoms with Crippen LogP contribution in [0.4, 0.5) is 17.1 Å². The summed E-state index contributed by atoms with van der Waals surface area (Å²) in [6.07, 6.45) is 6.64. The second kappa shape index (κ2) is 8.91. The lowest BCUT2D eigenvalue weighted by molar-refractivity contribution is 0.102. The molecule has 0 saturated heterocycles.